The van der Waals surface area contributed by atoms with Crippen LogP contribution < -0.4 is 10.6 Å². The molecule has 2 atom stereocenters. The van der Waals surface area contributed by atoms with Crippen LogP contribution >= 0.6 is 0 Å². The van der Waals surface area contributed by atoms with Crippen molar-refractivity contribution in [2.24, 2.45) is 5.92 Å². The fourth-order valence-corrected chi connectivity index (χ4v) is 2.42. The lowest BCUT2D eigenvalue weighted by molar-refractivity contribution is -0.150. The van der Waals surface area contributed by atoms with Crippen LogP contribution in [-0.2, 0) is 14.3 Å². The highest BCUT2D eigenvalue weighted by Gasteiger charge is 2.38. The summed E-state index contributed by atoms with van der Waals surface area (Å²) in [6.45, 7) is 8.11. The average molecular weight is 318 g/mol. The van der Waals surface area contributed by atoms with Gasteiger partial charge in [-0.15, -0.1) is 0 Å². The van der Waals surface area contributed by atoms with Gasteiger partial charge in [-0.3, -0.25) is 4.79 Å². The second kappa shape index (κ2) is 7.78. The van der Waals surface area contributed by atoms with E-state index in [0.29, 0.717) is 12.3 Å². The molecule has 1 aliphatic rings. The van der Waals surface area contributed by atoms with Gasteiger partial charge in [0.1, 0.15) is 12.5 Å². The maximum absolute atomic E-state index is 12.4. The Hall–Kier alpha value is -2.34. The van der Waals surface area contributed by atoms with Gasteiger partial charge in [0, 0.05) is 5.70 Å². The lowest BCUT2D eigenvalue weighted by Gasteiger charge is -2.33. The lowest BCUT2D eigenvalue weighted by Crippen LogP contribution is -2.51. The number of amides is 2. The number of carbonyl (C=O) groups excluding carboxylic acids is 2. The summed E-state index contributed by atoms with van der Waals surface area (Å²) in [4.78, 5) is 24.1. The van der Waals surface area contributed by atoms with Crippen LogP contribution in [0.1, 0.15) is 25.5 Å². The number of hydrogen-bond donors (Lipinski definition) is 2. The first-order valence-electron chi connectivity index (χ1n) is 7.58. The molecule has 1 aliphatic heterocycles. The van der Waals surface area contributed by atoms with Crippen molar-refractivity contribution in [3.05, 3.63) is 48.2 Å². The van der Waals surface area contributed by atoms with E-state index in [-0.39, 0.29) is 18.7 Å². The number of urea groups is 1. The predicted octanol–water partition coefficient (Wildman–Crippen LogP) is 2.14. The van der Waals surface area contributed by atoms with Gasteiger partial charge in [-0.25, -0.2) is 4.79 Å². The standard InChI is InChI=1S/C17H22N2O4/c1-11(2)22-9-10-23-16(20)14-12(3)18-17(21)19-15(14)13-7-5-4-6-8-13/h4-8,11,14-15H,3,9-10H2,1-2H3,(H2,18,19,21)/t14-,15-/m0/s1. The van der Waals surface area contributed by atoms with Crippen LogP contribution in [0, 0.1) is 5.92 Å². The van der Waals surface area contributed by atoms with Crippen LogP contribution in [0.5, 0.6) is 0 Å². The van der Waals surface area contributed by atoms with E-state index in [4.69, 9.17) is 9.47 Å². The molecular formula is C17H22N2O4. The maximum atomic E-state index is 12.4. The highest BCUT2D eigenvalue weighted by Crippen LogP contribution is 2.30. The molecule has 124 valence electrons. The van der Waals surface area contributed by atoms with E-state index in [2.05, 4.69) is 17.2 Å². The Morgan fingerprint density at radius 3 is 2.61 bits per heavy atom. The fraction of sp³-hybridized carbons (Fsp3) is 0.412. The van der Waals surface area contributed by atoms with Crippen molar-refractivity contribution < 1.29 is 19.1 Å². The molecule has 6 nitrogen and oxygen atoms in total. The summed E-state index contributed by atoms with van der Waals surface area (Å²) in [6, 6.07) is 8.40. The molecule has 0 radical (unpaired) electrons. The van der Waals surface area contributed by atoms with E-state index in [9.17, 15) is 9.59 Å². The van der Waals surface area contributed by atoms with E-state index in [1.54, 1.807) is 0 Å². The normalized spacial score (nSPS) is 20.8. The molecule has 1 aromatic carbocycles. The van der Waals surface area contributed by atoms with E-state index < -0.39 is 17.9 Å². The minimum atomic E-state index is -0.686. The molecule has 0 aliphatic carbocycles. The van der Waals surface area contributed by atoms with Crippen LogP contribution in [0.3, 0.4) is 0 Å². The molecule has 23 heavy (non-hydrogen) atoms. The van der Waals surface area contributed by atoms with E-state index in [1.165, 1.54) is 0 Å². The van der Waals surface area contributed by atoms with E-state index in [0.717, 1.165) is 5.56 Å². The molecule has 0 spiro atoms. The third-order valence-electron chi connectivity index (χ3n) is 3.46. The minimum absolute atomic E-state index is 0.0800. The maximum Gasteiger partial charge on any atom is 0.319 e. The van der Waals surface area contributed by atoms with Crippen LogP contribution in [0.2, 0.25) is 0 Å². The molecule has 1 aromatic rings. The summed E-state index contributed by atoms with van der Waals surface area (Å²) in [5.74, 6) is -1.13. The highest BCUT2D eigenvalue weighted by atomic mass is 16.6. The fourth-order valence-electron chi connectivity index (χ4n) is 2.42. The number of esters is 1. The number of ether oxygens (including phenoxy) is 2. The van der Waals surface area contributed by atoms with Crippen molar-refractivity contribution >= 4 is 12.0 Å². The van der Waals surface area contributed by atoms with Crippen molar-refractivity contribution in [3.63, 3.8) is 0 Å². The van der Waals surface area contributed by atoms with Crippen molar-refractivity contribution in [1.82, 2.24) is 10.6 Å². The molecular weight excluding hydrogens is 296 g/mol. The van der Waals surface area contributed by atoms with Gasteiger partial charge < -0.3 is 20.1 Å². The molecule has 1 heterocycles. The minimum Gasteiger partial charge on any atom is -0.463 e. The van der Waals surface area contributed by atoms with E-state index in [1.807, 2.05) is 44.2 Å². The summed E-state index contributed by atoms with van der Waals surface area (Å²) in [5, 5.41) is 5.30. The molecule has 0 unspecified atom stereocenters. The monoisotopic (exact) mass is 318 g/mol. The van der Waals surface area contributed by atoms with Gasteiger partial charge in [0.15, 0.2) is 0 Å². The second-order valence-electron chi connectivity index (χ2n) is 5.58. The van der Waals surface area contributed by atoms with Gasteiger partial charge in [-0.1, -0.05) is 36.9 Å². The van der Waals surface area contributed by atoms with Crippen LogP contribution in [-0.4, -0.2) is 31.3 Å². The Morgan fingerprint density at radius 2 is 1.96 bits per heavy atom. The Kier molecular flexibility index (Phi) is 5.76. The second-order valence-corrected chi connectivity index (χ2v) is 5.58. The van der Waals surface area contributed by atoms with Crippen LogP contribution in [0.25, 0.3) is 0 Å². The predicted molar refractivity (Wildman–Crippen MR) is 85.5 cm³/mol. The molecule has 2 amide bonds. The van der Waals surface area contributed by atoms with Gasteiger partial charge in [0.2, 0.25) is 0 Å². The quantitative estimate of drug-likeness (QED) is 0.622. The average Bonchev–Trinajstić information content (AvgIpc) is 2.51. The summed E-state index contributed by atoms with van der Waals surface area (Å²) in [6.07, 6.45) is 0.0800. The first-order valence-corrected chi connectivity index (χ1v) is 7.58. The zero-order valence-corrected chi connectivity index (χ0v) is 13.4. The highest BCUT2D eigenvalue weighted by molar-refractivity contribution is 5.85. The number of rotatable bonds is 6. The zero-order chi connectivity index (χ0) is 16.8. The number of nitrogens with one attached hydrogen (secondary N) is 2. The van der Waals surface area contributed by atoms with Crippen LogP contribution in [0.4, 0.5) is 4.79 Å². The van der Waals surface area contributed by atoms with Gasteiger partial charge in [0.05, 0.1) is 18.8 Å². The SMILES string of the molecule is C=C1NC(=O)N[C@@H](c2ccccc2)[C@H]1C(=O)OCCOC(C)C. The Bertz CT molecular complexity index is 571. The zero-order valence-electron chi connectivity index (χ0n) is 13.4. The summed E-state index contributed by atoms with van der Waals surface area (Å²) >= 11 is 0. The van der Waals surface area contributed by atoms with Crippen molar-refractivity contribution in [3.8, 4) is 0 Å². The van der Waals surface area contributed by atoms with Gasteiger partial charge in [0.25, 0.3) is 0 Å². The van der Waals surface area contributed by atoms with Gasteiger partial charge >= 0.3 is 12.0 Å². The molecule has 0 saturated carbocycles. The lowest BCUT2D eigenvalue weighted by atomic mass is 9.89. The first kappa shape index (κ1) is 17.0. The number of hydrogen-bond acceptors (Lipinski definition) is 4. The summed E-state index contributed by atoms with van der Waals surface area (Å²) in [7, 11) is 0. The third-order valence-corrected chi connectivity index (χ3v) is 3.46. The molecule has 0 bridgehead atoms. The summed E-state index contributed by atoms with van der Waals surface area (Å²) in [5.41, 5.74) is 1.15. The van der Waals surface area contributed by atoms with Crippen molar-refractivity contribution in [2.75, 3.05) is 13.2 Å². The first-order chi connectivity index (χ1) is 11.0. The smallest absolute Gasteiger partial charge is 0.319 e. The molecule has 1 fully saturated rings. The molecule has 2 rings (SSSR count). The van der Waals surface area contributed by atoms with Gasteiger partial charge in [-0.05, 0) is 19.4 Å². The van der Waals surface area contributed by atoms with E-state index >= 15 is 0 Å². The van der Waals surface area contributed by atoms with Crippen molar-refractivity contribution in [2.45, 2.75) is 26.0 Å². The largest absolute Gasteiger partial charge is 0.463 e. The number of carbonyl (C=O) groups is 2. The molecule has 0 aromatic heterocycles. The topological polar surface area (TPSA) is 76.7 Å². The van der Waals surface area contributed by atoms with Crippen LogP contribution in [0.15, 0.2) is 42.6 Å². The molecule has 2 N–H and O–H groups in total. The Morgan fingerprint density at radius 1 is 1.26 bits per heavy atom. The molecule has 6 heteroatoms. The third kappa shape index (κ3) is 4.56. The Balaban J connectivity index is 2.07. The summed E-state index contributed by atoms with van der Waals surface area (Å²) < 4.78 is 10.6. The van der Waals surface area contributed by atoms with Gasteiger partial charge in [-0.2, -0.15) is 0 Å². The molecule has 1 saturated heterocycles. The number of benzene rings is 1. The van der Waals surface area contributed by atoms with Crippen molar-refractivity contribution in [1.29, 1.82) is 0 Å². The Labute approximate surface area is 135 Å².